The maximum atomic E-state index is 12.5. The fourth-order valence-electron chi connectivity index (χ4n) is 2.89. The Morgan fingerprint density at radius 1 is 0.857 bits per heavy atom. The molecule has 0 saturated heterocycles. The molecule has 4 aromatic rings. The molecule has 0 bridgehead atoms. The first-order valence-corrected chi connectivity index (χ1v) is 8.09. The van der Waals surface area contributed by atoms with Gasteiger partial charge in [-0.25, -0.2) is 0 Å². The second-order valence-corrected chi connectivity index (χ2v) is 6.15. The molecule has 4 rings (SSSR count). The molecule has 0 atom stereocenters. The minimum absolute atomic E-state index is 0.0158. The van der Waals surface area contributed by atoms with E-state index in [2.05, 4.69) is 15.3 Å². The van der Waals surface area contributed by atoms with Crippen LogP contribution in [-0.2, 0) is 0 Å². The number of aromatic amines is 2. The Morgan fingerprint density at radius 3 is 2.43 bits per heavy atom. The Balaban J connectivity index is 1.76. The largest absolute Gasteiger partial charge is 0.508 e. The summed E-state index contributed by atoms with van der Waals surface area (Å²) in [5.74, 6) is -1.73. The lowest BCUT2D eigenvalue weighted by atomic mass is 10.1. The van der Waals surface area contributed by atoms with Crippen LogP contribution in [0.4, 0.5) is 5.69 Å². The second-order valence-electron chi connectivity index (χ2n) is 6.15. The van der Waals surface area contributed by atoms with Gasteiger partial charge >= 0.3 is 0 Å². The van der Waals surface area contributed by atoms with Gasteiger partial charge in [-0.2, -0.15) is 0 Å². The standard InChI is InChI=1S/C19H13N3O6/c23-10-2-3-12-9(5-10)6-11(17(26)20-12)18(27)21-13-7-8-1-4-14(24)16(25)15(8)22-19(13)28/h1-7,23-25H,(H,20,26)(H,21,27)(H,22,28). The van der Waals surface area contributed by atoms with E-state index in [0.717, 1.165) is 0 Å². The predicted octanol–water partition coefficient (Wildman–Crippen LogP) is 1.74. The summed E-state index contributed by atoms with van der Waals surface area (Å²) >= 11 is 0. The molecule has 0 saturated carbocycles. The van der Waals surface area contributed by atoms with E-state index >= 15 is 0 Å². The van der Waals surface area contributed by atoms with Crippen molar-refractivity contribution in [3.05, 3.63) is 68.7 Å². The van der Waals surface area contributed by atoms with Crippen molar-refractivity contribution in [1.29, 1.82) is 0 Å². The van der Waals surface area contributed by atoms with Crippen molar-refractivity contribution in [2.75, 3.05) is 5.32 Å². The number of fused-ring (bicyclic) bond motifs is 2. The van der Waals surface area contributed by atoms with Gasteiger partial charge < -0.3 is 30.6 Å². The second kappa shape index (κ2) is 6.16. The molecule has 1 amide bonds. The van der Waals surface area contributed by atoms with Gasteiger partial charge in [0.2, 0.25) is 0 Å². The third kappa shape index (κ3) is 2.80. The summed E-state index contributed by atoms with van der Waals surface area (Å²) in [5.41, 5.74) is -1.31. The number of carbonyl (C=O) groups is 1. The molecular weight excluding hydrogens is 366 g/mol. The normalized spacial score (nSPS) is 11.0. The zero-order chi connectivity index (χ0) is 20.0. The van der Waals surface area contributed by atoms with Crippen molar-refractivity contribution >= 4 is 33.4 Å². The van der Waals surface area contributed by atoms with Crippen molar-refractivity contribution < 1.29 is 20.1 Å². The molecule has 0 aliphatic carbocycles. The van der Waals surface area contributed by atoms with Crippen LogP contribution in [0, 0.1) is 0 Å². The first-order chi connectivity index (χ1) is 13.3. The van der Waals surface area contributed by atoms with E-state index in [1.165, 1.54) is 42.5 Å². The van der Waals surface area contributed by atoms with Gasteiger partial charge in [0.15, 0.2) is 11.5 Å². The summed E-state index contributed by atoms with van der Waals surface area (Å²) in [4.78, 5) is 41.9. The Bertz CT molecular complexity index is 1390. The van der Waals surface area contributed by atoms with Gasteiger partial charge in [-0.15, -0.1) is 0 Å². The number of pyridine rings is 2. The maximum Gasteiger partial charge on any atom is 0.272 e. The molecule has 9 heteroatoms. The number of amides is 1. The van der Waals surface area contributed by atoms with Crippen LogP contribution in [0.25, 0.3) is 21.8 Å². The molecule has 0 aliphatic heterocycles. The number of benzene rings is 2. The SMILES string of the molecule is O=C(Nc1cc2ccc(O)c(O)c2[nH]c1=O)c1cc2cc(O)ccc2[nH]c1=O. The van der Waals surface area contributed by atoms with Gasteiger partial charge in [-0.05, 0) is 42.5 Å². The van der Waals surface area contributed by atoms with Gasteiger partial charge in [-0.3, -0.25) is 14.4 Å². The number of rotatable bonds is 2. The first kappa shape index (κ1) is 17.2. The Kier molecular flexibility index (Phi) is 3.78. The Hall–Kier alpha value is -4.27. The molecule has 0 unspecified atom stereocenters. The molecule has 9 nitrogen and oxygen atoms in total. The van der Waals surface area contributed by atoms with Crippen LogP contribution < -0.4 is 16.4 Å². The van der Waals surface area contributed by atoms with Crippen LogP contribution in [0.15, 0.2) is 52.1 Å². The number of anilines is 1. The number of hydrogen-bond acceptors (Lipinski definition) is 6. The highest BCUT2D eigenvalue weighted by Crippen LogP contribution is 2.31. The highest BCUT2D eigenvalue weighted by Gasteiger charge is 2.16. The molecule has 6 N–H and O–H groups in total. The lowest BCUT2D eigenvalue weighted by Crippen LogP contribution is -2.26. The summed E-state index contributed by atoms with van der Waals surface area (Å²) in [5, 5.41) is 32.1. The summed E-state index contributed by atoms with van der Waals surface area (Å²) in [6, 6.07) is 9.60. The Morgan fingerprint density at radius 2 is 1.64 bits per heavy atom. The van der Waals surface area contributed by atoms with Crippen LogP contribution in [0.5, 0.6) is 17.2 Å². The van der Waals surface area contributed by atoms with E-state index in [1.807, 2.05) is 0 Å². The number of nitrogens with one attached hydrogen (secondary N) is 3. The van der Waals surface area contributed by atoms with Crippen LogP contribution >= 0.6 is 0 Å². The average molecular weight is 379 g/mol. The number of H-pyrrole nitrogens is 2. The van der Waals surface area contributed by atoms with Crippen LogP contribution in [0.1, 0.15) is 10.4 Å². The van der Waals surface area contributed by atoms with Gasteiger partial charge in [0.05, 0.1) is 5.52 Å². The van der Waals surface area contributed by atoms with Gasteiger partial charge in [0.25, 0.3) is 17.0 Å². The fraction of sp³-hybridized carbons (Fsp3) is 0. The lowest BCUT2D eigenvalue weighted by Gasteiger charge is -2.08. The molecule has 0 fully saturated rings. The number of aromatic hydroxyl groups is 3. The highest BCUT2D eigenvalue weighted by molar-refractivity contribution is 6.06. The van der Waals surface area contributed by atoms with E-state index in [9.17, 15) is 29.7 Å². The minimum atomic E-state index is -0.820. The number of aromatic nitrogens is 2. The maximum absolute atomic E-state index is 12.5. The number of phenols is 3. The van der Waals surface area contributed by atoms with Crippen molar-refractivity contribution in [1.82, 2.24) is 9.97 Å². The van der Waals surface area contributed by atoms with Gasteiger partial charge in [0, 0.05) is 16.3 Å². The third-order valence-corrected chi connectivity index (χ3v) is 4.29. The van der Waals surface area contributed by atoms with Crippen LogP contribution in [0.3, 0.4) is 0 Å². The van der Waals surface area contributed by atoms with E-state index in [-0.39, 0.29) is 22.5 Å². The molecule has 2 aromatic carbocycles. The predicted molar refractivity (Wildman–Crippen MR) is 102 cm³/mol. The minimum Gasteiger partial charge on any atom is -0.508 e. The quantitative estimate of drug-likeness (QED) is 0.291. The van der Waals surface area contributed by atoms with Crippen molar-refractivity contribution in [3.63, 3.8) is 0 Å². The topological polar surface area (TPSA) is 156 Å². The molecule has 140 valence electrons. The smallest absolute Gasteiger partial charge is 0.272 e. The van der Waals surface area contributed by atoms with E-state index in [1.54, 1.807) is 0 Å². The third-order valence-electron chi connectivity index (χ3n) is 4.29. The lowest BCUT2D eigenvalue weighted by molar-refractivity contribution is 0.102. The summed E-state index contributed by atoms with van der Waals surface area (Å²) in [7, 11) is 0. The van der Waals surface area contributed by atoms with Crippen molar-refractivity contribution in [3.8, 4) is 17.2 Å². The number of hydrogen-bond donors (Lipinski definition) is 6. The van der Waals surface area contributed by atoms with Crippen LogP contribution in [-0.4, -0.2) is 31.2 Å². The van der Waals surface area contributed by atoms with E-state index in [0.29, 0.717) is 16.3 Å². The summed E-state index contributed by atoms with van der Waals surface area (Å²) in [6.45, 7) is 0. The molecule has 0 radical (unpaired) electrons. The highest BCUT2D eigenvalue weighted by atomic mass is 16.3. The average Bonchev–Trinajstić information content (AvgIpc) is 2.66. The molecule has 2 aromatic heterocycles. The molecule has 2 heterocycles. The number of carbonyl (C=O) groups excluding carboxylic acids is 1. The zero-order valence-corrected chi connectivity index (χ0v) is 14.1. The monoisotopic (exact) mass is 379 g/mol. The van der Waals surface area contributed by atoms with Crippen molar-refractivity contribution in [2.45, 2.75) is 0 Å². The molecule has 28 heavy (non-hydrogen) atoms. The number of phenolic OH excluding ortho intramolecular Hbond substituents is 3. The van der Waals surface area contributed by atoms with Crippen molar-refractivity contribution in [2.24, 2.45) is 0 Å². The zero-order valence-electron chi connectivity index (χ0n) is 14.1. The molecule has 0 spiro atoms. The van der Waals surface area contributed by atoms with Gasteiger partial charge in [-0.1, -0.05) is 0 Å². The van der Waals surface area contributed by atoms with E-state index < -0.39 is 28.5 Å². The van der Waals surface area contributed by atoms with E-state index in [4.69, 9.17) is 0 Å². The summed E-state index contributed by atoms with van der Waals surface area (Å²) in [6.07, 6.45) is 0. The first-order valence-electron chi connectivity index (χ1n) is 8.09. The summed E-state index contributed by atoms with van der Waals surface area (Å²) < 4.78 is 0. The molecular formula is C19H13N3O6. The molecule has 0 aliphatic rings. The fourth-order valence-corrected chi connectivity index (χ4v) is 2.89. The Labute approximate surface area is 155 Å². The van der Waals surface area contributed by atoms with Crippen LogP contribution in [0.2, 0.25) is 0 Å². The van der Waals surface area contributed by atoms with Gasteiger partial charge in [0.1, 0.15) is 17.0 Å².